The maximum atomic E-state index is 8.73. The lowest BCUT2D eigenvalue weighted by Gasteiger charge is -2.29. The molecule has 0 aromatic heterocycles. The molecule has 3 heteroatoms. The Labute approximate surface area is 77.9 Å². The molecule has 0 amide bonds. The largest absolute Gasteiger partial charge is 0.381 e. The lowest BCUT2D eigenvalue weighted by atomic mass is 9.91. The van der Waals surface area contributed by atoms with Crippen LogP contribution in [-0.4, -0.2) is 17.4 Å². The summed E-state index contributed by atoms with van der Waals surface area (Å²) in [6.45, 7) is 3.97. The zero-order valence-corrected chi connectivity index (χ0v) is 8.15. The summed E-state index contributed by atoms with van der Waals surface area (Å²) < 4.78 is 0. The van der Waals surface area contributed by atoms with Gasteiger partial charge in [0.2, 0.25) is 0 Å². The summed E-state index contributed by atoms with van der Waals surface area (Å²) in [5.74, 6) is 0. The van der Waals surface area contributed by atoms with Crippen LogP contribution in [0.3, 0.4) is 0 Å². The van der Waals surface area contributed by atoms with Crippen LogP contribution in [0.25, 0.3) is 0 Å². The molecule has 2 N–H and O–H groups in total. The van der Waals surface area contributed by atoms with Crippen molar-refractivity contribution in [2.24, 2.45) is 0 Å². The van der Waals surface area contributed by atoms with Crippen molar-refractivity contribution in [3.8, 4) is 0 Å². The molecule has 1 aliphatic carbocycles. The number of aliphatic hydroxyl groups excluding tert-OH is 1. The average molecular weight is 188 g/mol. The number of allylic oxidation sites excluding steroid dienone is 2. The molecule has 68 valence electrons. The maximum Gasteiger partial charge on any atom is 0.0938 e. The molecule has 1 aliphatic rings. The van der Waals surface area contributed by atoms with E-state index in [0.717, 1.165) is 17.0 Å². The van der Waals surface area contributed by atoms with E-state index in [1.165, 1.54) is 0 Å². The molecule has 0 spiro atoms. The highest BCUT2D eigenvalue weighted by Crippen LogP contribution is 2.28. The third kappa shape index (κ3) is 2.09. The Bertz CT molecular complexity index is 235. The summed E-state index contributed by atoms with van der Waals surface area (Å²) in [5, 5.41) is 12.6. The summed E-state index contributed by atoms with van der Waals surface area (Å²) in [6.07, 6.45) is 4.76. The predicted molar refractivity (Wildman–Crippen MR) is 50.9 cm³/mol. The number of hydrogen-bond acceptors (Lipinski definition) is 2. The normalized spacial score (nSPS) is 29.7. The van der Waals surface area contributed by atoms with Gasteiger partial charge in [0.25, 0.3) is 0 Å². The fraction of sp³-hybridized carbons (Fsp3) is 0.556. The second kappa shape index (κ2) is 3.60. The molecule has 2 nitrogen and oxygen atoms in total. The van der Waals surface area contributed by atoms with Crippen LogP contribution < -0.4 is 5.32 Å². The molecule has 0 heterocycles. The van der Waals surface area contributed by atoms with E-state index in [1.54, 1.807) is 0 Å². The smallest absolute Gasteiger partial charge is 0.0938 e. The second-order valence-electron chi connectivity index (χ2n) is 3.35. The van der Waals surface area contributed by atoms with Crippen LogP contribution in [0.2, 0.25) is 0 Å². The standard InChI is InChI=1S/C9H14ClNO/c1-7-3-4-9(2,11-6-12)5-8(7)10/h3-4,11-12H,5-6H2,1-2H3. The highest BCUT2D eigenvalue weighted by molar-refractivity contribution is 6.30. The van der Waals surface area contributed by atoms with Gasteiger partial charge in [-0.3, -0.25) is 5.32 Å². The summed E-state index contributed by atoms with van der Waals surface area (Å²) in [4.78, 5) is 0. The van der Waals surface area contributed by atoms with Gasteiger partial charge in [0.15, 0.2) is 0 Å². The van der Waals surface area contributed by atoms with Crippen molar-refractivity contribution in [3.63, 3.8) is 0 Å². The van der Waals surface area contributed by atoms with Crippen LogP contribution in [0.5, 0.6) is 0 Å². The minimum absolute atomic E-state index is 0.0238. The topological polar surface area (TPSA) is 32.3 Å². The van der Waals surface area contributed by atoms with Crippen molar-refractivity contribution in [2.75, 3.05) is 6.73 Å². The van der Waals surface area contributed by atoms with Crippen LogP contribution in [0.15, 0.2) is 22.8 Å². The van der Waals surface area contributed by atoms with Crippen molar-refractivity contribution < 1.29 is 5.11 Å². The van der Waals surface area contributed by atoms with Crippen LogP contribution >= 0.6 is 11.6 Å². The van der Waals surface area contributed by atoms with Gasteiger partial charge in [-0.05, 0) is 19.4 Å². The third-order valence-corrected chi connectivity index (χ3v) is 2.57. The van der Waals surface area contributed by atoms with E-state index < -0.39 is 0 Å². The van der Waals surface area contributed by atoms with Crippen molar-refractivity contribution in [3.05, 3.63) is 22.8 Å². The zero-order valence-electron chi connectivity index (χ0n) is 7.39. The van der Waals surface area contributed by atoms with Gasteiger partial charge in [0.1, 0.15) is 0 Å². The Kier molecular flexibility index (Phi) is 2.94. The molecule has 0 radical (unpaired) electrons. The molecule has 0 saturated heterocycles. The number of aliphatic hydroxyl groups is 1. The van der Waals surface area contributed by atoms with Crippen molar-refractivity contribution in [2.45, 2.75) is 25.8 Å². The zero-order chi connectivity index (χ0) is 9.19. The van der Waals surface area contributed by atoms with E-state index >= 15 is 0 Å². The van der Waals surface area contributed by atoms with Gasteiger partial charge in [-0.25, -0.2) is 0 Å². The number of hydrogen-bond donors (Lipinski definition) is 2. The quantitative estimate of drug-likeness (QED) is 0.646. The van der Waals surface area contributed by atoms with E-state index in [2.05, 4.69) is 5.32 Å². The Morgan fingerprint density at radius 1 is 1.75 bits per heavy atom. The average Bonchev–Trinajstić information content (AvgIpc) is 1.98. The first-order chi connectivity index (χ1) is 5.57. The molecule has 12 heavy (non-hydrogen) atoms. The lowest BCUT2D eigenvalue weighted by Crippen LogP contribution is -2.42. The van der Waals surface area contributed by atoms with E-state index in [1.807, 2.05) is 26.0 Å². The van der Waals surface area contributed by atoms with Crippen molar-refractivity contribution >= 4 is 11.6 Å². The number of nitrogens with one attached hydrogen (secondary N) is 1. The molecule has 0 saturated carbocycles. The number of rotatable bonds is 2. The second-order valence-corrected chi connectivity index (χ2v) is 3.81. The van der Waals surface area contributed by atoms with E-state index in [9.17, 15) is 0 Å². The SMILES string of the molecule is CC1=C(Cl)CC(C)(NCO)C=C1. The fourth-order valence-corrected chi connectivity index (χ4v) is 1.56. The van der Waals surface area contributed by atoms with Gasteiger partial charge < -0.3 is 5.11 Å². The summed E-state index contributed by atoms with van der Waals surface area (Å²) in [7, 11) is 0. The van der Waals surface area contributed by atoms with Gasteiger partial charge in [-0.15, -0.1) is 0 Å². The Balaban J connectivity index is 2.72. The van der Waals surface area contributed by atoms with E-state index in [-0.39, 0.29) is 12.3 Å². The fourth-order valence-electron chi connectivity index (χ4n) is 1.22. The number of halogens is 1. The van der Waals surface area contributed by atoms with E-state index in [4.69, 9.17) is 16.7 Å². The molecule has 0 bridgehead atoms. The molecule has 0 fully saturated rings. The molecule has 1 rings (SSSR count). The molecule has 1 atom stereocenters. The molecular formula is C9H14ClNO. The summed E-state index contributed by atoms with van der Waals surface area (Å²) in [5.41, 5.74) is 0.916. The first kappa shape index (κ1) is 9.78. The predicted octanol–water partition coefficient (Wildman–Crippen LogP) is 1.76. The molecule has 0 aliphatic heterocycles. The van der Waals surface area contributed by atoms with Crippen LogP contribution in [0.4, 0.5) is 0 Å². The minimum Gasteiger partial charge on any atom is -0.381 e. The first-order valence-corrected chi connectivity index (χ1v) is 4.35. The lowest BCUT2D eigenvalue weighted by molar-refractivity contribution is 0.221. The minimum atomic E-state index is -0.189. The Hall–Kier alpha value is -0.310. The summed E-state index contributed by atoms with van der Waals surface area (Å²) >= 11 is 5.99. The molecule has 0 aromatic rings. The van der Waals surface area contributed by atoms with Crippen LogP contribution in [-0.2, 0) is 0 Å². The van der Waals surface area contributed by atoms with Gasteiger partial charge in [-0.2, -0.15) is 0 Å². The van der Waals surface area contributed by atoms with Crippen molar-refractivity contribution in [1.82, 2.24) is 5.32 Å². The monoisotopic (exact) mass is 187 g/mol. The third-order valence-electron chi connectivity index (χ3n) is 2.13. The van der Waals surface area contributed by atoms with Gasteiger partial charge >= 0.3 is 0 Å². The highest BCUT2D eigenvalue weighted by atomic mass is 35.5. The molecule has 0 aromatic carbocycles. The van der Waals surface area contributed by atoms with E-state index in [0.29, 0.717) is 0 Å². The molecular weight excluding hydrogens is 174 g/mol. The van der Waals surface area contributed by atoms with Gasteiger partial charge in [-0.1, -0.05) is 23.8 Å². The van der Waals surface area contributed by atoms with Gasteiger partial charge in [0.05, 0.1) is 6.73 Å². The highest BCUT2D eigenvalue weighted by Gasteiger charge is 2.24. The Morgan fingerprint density at radius 2 is 2.42 bits per heavy atom. The molecule has 1 unspecified atom stereocenters. The van der Waals surface area contributed by atoms with Gasteiger partial charge in [0, 0.05) is 17.0 Å². The Morgan fingerprint density at radius 3 is 2.92 bits per heavy atom. The van der Waals surface area contributed by atoms with Crippen molar-refractivity contribution in [1.29, 1.82) is 0 Å². The first-order valence-electron chi connectivity index (χ1n) is 3.98. The maximum absolute atomic E-state index is 8.73. The van der Waals surface area contributed by atoms with Crippen LogP contribution in [0.1, 0.15) is 20.3 Å². The summed E-state index contributed by atoms with van der Waals surface area (Å²) in [6, 6.07) is 0. The van der Waals surface area contributed by atoms with Crippen LogP contribution in [0, 0.1) is 0 Å².